The highest BCUT2D eigenvalue weighted by Gasteiger charge is 2.50. The Balaban J connectivity index is 1.96. The van der Waals surface area contributed by atoms with Gasteiger partial charge in [-0.15, -0.1) is 0 Å². The average Bonchev–Trinajstić information content (AvgIpc) is 3.18. The van der Waals surface area contributed by atoms with E-state index in [4.69, 9.17) is 18.9 Å². The van der Waals surface area contributed by atoms with Crippen molar-refractivity contribution in [3.63, 3.8) is 0 Å². The van der Waals surface area contributed by atoms with Gasteiger partial charge in [0.05, 0.1) is 32.0 Å². The zero-order valence-electron chi connectivity index (χ0n) is 33.4. The number of nitrogens with one attached hydrogen (secondary N) is 1. The van der Waals surface area contributed by atoms with E-state index < -0.39 is 86.8 Å². The second-order valence-corrected chi connectivity index (χ2v) is 15.1. The van der Waals surface area contributed by atoms with Crippen LogP contribution in [-0.4, -0.2) is 140 Å². The van der Waals surface area contributed by atoms with Gasteiger partial charge >= 0.3 is 0 Å². The molecule has 12 atom stereocenters. The Kier molecular flexibility index (Phi) is 26.7. The van der Waals surface area contributed by atoms with Crippen LogP contribution in [0.1, 0.15) is 136 Å². The van der Waals surface area contributed by atoms with Crippen LogP contribution in [0.4, 0.5) is 0 Å². The van der Waals surface area contributed by atoms with Crippen LogP contribution < -0.4 is 5.32 Å². The lowest BCUT2D eigenvalue weighted by atomic mass is 9.97. The molecular weight excluding hydrogens is 714 g/mol. The topological polar surface area (TPSA) is 228 Å². The van der Waals surface area contributed by atoms with Crippen LogP contribution in [0.15, 0.2) is 24.3 Å². The van der Waals surface area contributed by atoms with E-state index in [1.165, 1.54) is 70.6 Å². The summed E-state index contributed by atoms with van der Waals surface area (Å²) >= 11 is 0. The maximum absolute atomic E-state index is 13.0. The first-order valence-electron chi connectivity index (χ1n) is 21.1. The number of aliphatic hydroxyl groups is 8. The van der Waals surface area contributed by atoms with Gasteiger partial charge in [0.25, 0.3) is 0 Å². The zero-order valence-corrected chi connectivity index (χ0v) is 33.4. The molecule has 0 bridgehead atoms. The summed E-state index contributed by atoms with van der Waals surface area (Å²) in [6.45, 7) is 2.68. The summed E-state index contributed by atoms with van der Waals surface area (Å²) in [4.78, 5) is 13.0. The monoisotopic (exact) mass is 790 g/mol. The fourth-order valence-corrected chi connectivity index (χ4v) is 6.83. The summed E-state index contributed by atoms with van der Waals surface area (Å²) in [6, 6.07) is -0.922. The normalized spacial score (nSPS) is 29.9. The van der Waals surface area contributed by atoms with E-state index >= 15 is 0 Å². The molecule has 2 fully saturated rings. The van der Waals surface area contributed by atoms with E-state index in [9.17, 15) is 45.6 Å². The van der Waals surface area contributed by atoms with Crippen LogP contribution in [-0.2, 0) is 23.7 Å². The summed E-state index contributed by atoms with van der Waals surface area (Å²) in [6.07, 6.45) is 11.0. The van der Waals surface area contributed by atoms with E-state index in [0.29, 0.717) is 12.8 Å². The van der Waals surface area contributed by atoms with Crippen molar-refractivity contribution < 1.29 is 64.6 Å². The zero-order chi connectivity index (χ0) is 40.4. The van der Waals surface area contributed by atoms with Crippen LogP contribution in [0.2, 0.25) is 0 Å². The van der Waals surface area contributed by atoms with Crippen LogP contribution in [0.5, 0.6) is 0 Å². The number of hydrogen-bond acceptors (Lipinski definition) is 13. The van der Waals surface area contributed by atoms with Gasteiger partial charge < -0.3 is 65.1 Å². The number of carbonyl (C=O) groups excluding carboxylic acids is 1. The van der Waals surface area contributed by atoms with Crippen molar-refractivity contribution in [1.29, 1.82) is 0 Å². The first-order valence-corrected chi connectivity index (χ1v) is 21.1. The lowest BCUT2D eigenvalue weighted by Crippen LogP contribution is -2.65. The molecular formula is C41H75NO13. The smallest absolute Gasteiger partial charge is 0.220 e. The first-order chi connectivity index (χ1) is 26.6. The lowest BCUT2D eigenvalue weighted by molar-refractivity contribution is -0.359. The maximum atomic E-state index is 13.0. The Morgan fingerprint density at radius 3 is 1.78 bits per heavy atom. The van der Waals surface area contributed by atoms with Crippen LogP contribution >= 0.6 is 0 Å². The second-order valence-electron chi connectivity index (χ2n) is 15.1. The minimum absolute atomic E-state index is 0.256. The number of ether oxygens (including phenoxy) is 4. The minimum Gasteiger partial charge on any atom is -0.394 e. The summed E-state index contributed by atoms with van der Waals surface area (Å²) in [5.41, 5.74) is 0. The lowest BCUT2D eigenvalue weighted by Gasteiger charge is -2.46. The molecule has 9 N–H and O–H groups in total. The fraction of sp³-hybridized carbons (Fsp3) is 0.878. The summed E-state index contributed by atoms with van der Waals surface area (Å²) in [5, 5.41) is 86.1. The van der Waals surface area contributed by atoms with E-state index in [1.54, 1.807) is 6.08 Å². The molecule has 0 aromatic heterocycles. The van der Waals surface area contributed by atoms with Crippen molar-refractivity contribution in [2.24, 2.45) is 0 Å². The van der Waals surface area contributed by atoms with E-state index in [-0.39, 0.29) is 18.9 Å². The molecule has 2 heterocycles. The molecule has 55 heavy (non-hydrogen) atoms. The van der Waals surface area contributed by atoms with Gasteiger partial charge in [0.1, 0.15) is 48.8 Å². The molecule has 2 saturated heterocycles. The Labute approximate surface area is 328 Å². The Hall–Kier alpha value is -1.53. The Bertz CT molecular complexity index is 1030. The largest absolute Gasteiger partial charge is 0.394 e. The van der Waals surface area contributed by atoms with Gasteiger partial charge in [0.2, 0.25) is 5.91 Å². The SMILES string of the molecule is CCCCCCC/C=C/CC/C=C/C(O)C(COC1OC(CO)C(OC2OC(CO)C(O)C(O)C2O)C(O)C1O)NC(=O)CCCCCCCCCCCC. The number of hydrogen-bond donors (Lipinski definition) is 9. The molecule has 1 amide bonds. The van der Waals surface area contributed by atoms with Crippen molar-refractivity contribution in [1.82, 2.24) is 5.32 Å². The molecule has 12 unspecified atom stereocenters. The molecule has 2 rings (SSSR count). The third-order valence-corrected chi connectivity index (χ3v) is 10.4. The van der Waals surface area contributed by atoms with Gasteiger partial charge in [-0.1, -0.05) is 122 Å². The molecule has 2 aliphatic rings. The van der Waals surface area contributed by atoms with Gasteiger partial charge in [-0.05, 0) is 32.1 Å². The van der Waals surface area contributed by atoms with Gasteiger partial charge in [-0.2, -0.15) is 0 Å². The summed E-state index contributed by atoms with van der Waals surface area (Å²) in [7, 11) is 0. The predicted octanol–water partition coefficient (Wildman–Crippen LogP) is 3.04. The van der Waals surface area contributed by atoms with Crippen LogP contribution in [0.3, 0.4) is 0 Å². The maximum Gasteiger partial charge on any atom is 0.220 e. The van der Waals surface area contributed by atoms with Crippen LogP contribution in [0, 0.1) is 0 Å². The number of amides is 1. The fourth-order valence-electron chi connectivity index (χ4n) is 6.83. The third-order valence-electron chi connectivity index (χ3n) is 10.4. The molecule has 0 aromatic rings. The number of aliphatic hydroxyl groups excluding tert-OH is 8. The van der Waals surface area contributed by atoms with Crippen molar-refractivity contribution in [3.05, 3.63) is 24.3 Å². The molecule has 2 aliphatic heterocycles. The minimum atomic E-state index is -1.79. The average molecular weight is 790 g/mol. The predicted molar refractivity (Wildman–Crippen MR) is 208 cm³/mol. The van der Waals surface area contributed by atoms with E-state index in [2.05, 4.69) is 31.3 Å². The molecule has 0 radical (unpaired) electrons. The quantitative estimate of drug-likeness (QED) is 0.0377. The van der Waals surface area contributed by atoms with Crippen molar-refractivity contribution in [2.75, 3.05) is 19.8 Å². The van der Waals surface area contributed by atoms with E-state index in [1.807, 2.05) is 6.08 Å². The Morgan fingerprint density at radius 1 is 0.636 bits per heavy atom. The number of rotatable bonds is 30. The number of carbonyl (C=O) groups is 1. The van der Waals surface area contributed by atoms with Crippen molar-refractivity contribution >= 4 is 5.91 Å². The molecule has 322 valence electrons. The highest BCUT2D eigenvalue weighted by molar-refractivity contribution is 5.76. The molecule has 0 spiro atoms. The first kappa shape index (κ1) is 49.6. The number of allylic oxidation sites excluding steroid dienone is 3. The summed E-state index contributed by atoms with van der Waals surface area (Å²) in [5.74, 6) is -0.256. The highest BCUT2D eigenvalue weighted by Crippen LogP contribution is 2.29. The van der Waals surface area contributed by atoms with Gasteiger partial charge in [0.15, 0.2) is 12.6 Å². The highest BCUT2D eigenvalue weighted by atomic mass is 16.7. The van der Waals surface area contributed by atoms with Gasteiger partial charge in [0, 0.05) is 6.42 Å². The molecule has 14 heteroatoms. The molecule has 0 aliphatic carbocycles. The molecule has 0 aromatic carbocycles. The van der Waals surface area contributed by atoms with Gasteiger partial charge in [-0.25, -0.2) is 0 Å². The number of unbranched alkanes of at least 4 members (excludes halogenated alkanes) is 15. The summed E-state index contributed by atoms with van der Waals surface area (Å²) < 4.78 is 22.5. The third kappa shape index (κ3) is 18.7. The van der Waals surface area contributed by atoms with Crippen molar-refractivity contribution in [2.45, 2.75) is 209 Å². The van der Waals surface area contributed by atoms with Crippen molar-refractivity contribution in [3.8, 4) is 0 Å². The van der Waals surface area contributed by atoms with E-state index in [0.717, 1.165) is 32.1 Å². The standard InChI is InChI=1S/C41H75NO13/c1-3-5-7-9-11-13-15-16-18-20-22-24-30(45)29(42-33(46)25-23-21-19-17-14-12-10-8-6-4-2)28-52-40-38(51)36(49)39(32(27-44)54-40)55-41-37(50)35(48)34(47)31(26-43)53-41/h15-16,22,24,29-32,34-41,43-45,47-51H,3-14,17-21,23,25-28H2,1-2H3,(H,42,46)/b16-15+,24-22+. The van der Waals surface area contributed by atoms with Crippen LogP contribution in [0.25, 0.3) is 0 Å². The molecule has 14 nitrogen and oxygen atoms in total. The molecule has 0 saturated carbocycles. The second kappa shape index (κ2) is 29.6. The van der Waals surface area contributed by atoms with Gasteiger partial charge in [-0.3, -0.25) is 4.79 Å². The Morgan fingerprint density at radius 2 is 1.16 bits per heavy atom.